The van der Waals surface area contributed by atoms with E-state index in [1.165, 1.54) is 12.1 Å². The lowest BCUT2D eigenvalue weighted by molar-refractivity contribution is 0.301. The molecule has 0 aliphatic heterocycles. The molecule has 0 saturated carbocycles. The Kier molecular flexibility index (Phi) is 4.45. The van der Waals surface area contributed by atoms with E-state index in [1.54, 1.807) is 25.4 Å². The van der Waals surface area contributed by atoms with Gasteiger partial charge in [-0.3, -0.25) is 4.99 Å². The molecule has 0 aliphatic rings. The van der Waals surface area contributed by atoms with Gasteiger partial charge in [0, 0.05) is 18.2 Å². The maximum absolute atomic E-state index is 12.7. The normalized spacial score (nSPS) is 11.0. The lowest BCUT2D eigenvalue weighted by Gasteiger charge is -2.08. The molecule has 0 spiro atoms. The second-order valence-corrected chi connectivity index (χ2v) is 3.27. The summed E-state index contributed by atoms with van der Waals surface area (Å²) in [4.78, 5) is 3.69. The largest absolute Gasteiger partial charge is 0.497 e. The van der Waals surface area contributed by atoms with E-state index in [-0.39, 0.29) is 5.82 Å². The summed E-state index contributed by atoms with van der Waals surface area (Å²) >= 11 is 0. The average Bonchev–Trinajstić information content (AvgIpc) is 2.30. The number of aliphatic imine (C=N–C) groups is 1. The van der Waals surface area contributed by atoms with Crippen molar-refractivity contribution in [1.82, 2.24) is 0 Å². The highest BCUT2D eigenvalue weighted by Crippen LogP contribution is 2.16. The van der Waals surface area contributed by atoms with Crippen LogP contribution in [0.1, 0.15) is 5.56 Å². The molecule has 2 nitrogen and oxygen atoms in total. The molecular formula is C13H14FNO. The molecule has 0 aliphatic carbocycles. The molecule has 1 aromatic rings. The average molecular weight is 219 g/mol. The molecule has 0 heterocycles. The van der Waals surface area contributed by atoms with Crippen molar-refractivity contribution in [3.8, 4) is 0 Å². The molecule has 0 radical (unpaired) electrons. The van der Waals surface area contributed by atoms with Crippen molar-refractivity contribution >= 4 is 6.72 Å². The lowest BCUT2D eigenvalue weighted by Crippen LogP contribution is -1.96. The van der Waals surface area contributed by atoms with Gasteiger partial charge in [-0.15, -0.1) is 0 Å². The minimum atomic E-state index is -0.248. The van der Waals surface area contributed by atoms with E-state index >= 15 is 0 Å². The third-order valence-electron chi connectivity index (χ3n) is 2.16. The van der Waals surface area contributed by atoms with Crippen LogP contribution in [0, 0.1) is 5.82 Å². The Labute approximate surface area is 94.8 Å². The van der Waals surface area contributed by atoms with Crippen molar-refractivity contribution in [3.63, 3.8) is 0 Å². The summed E-state index contributed by atoms with van der Waals surface area (Å²) < 4.78 is 17.7. The fourth-order valence-electron chi connectivity index (χ4n) is 1.28. The summed E-state index contributed by atoms with van der Waals surface area (Å²) in [6.07, 6.45) is 2.18. The van der Waals surface area contributed by atoms with E-state index in [1.807, 2.05) is 0 Å². The van der Waals surface area contributed by atoms with Crippen molar-refractivity contribution in [3.05, 3.63) is 59.8 Å². The van der Waals surface area contributed by atoms with Gasteiger partial charge in [0.2, 0.25) is 0 Å². The summed E-state index contributed by atoms with van der Waals surface area (Å²) in [6, 6.07) is 6.28. The lowest BCUT2D eigenvalue weighted by atomic mass is 10.0. The highest BCUT2D eigenvalue weighted by atomic mass is 19.1. The monoisotopic (exact) mass is 219 g/mol. The zero-order chi connectivity index (χ0) is 12.0. The molecule has 0 unspecified atom stereocenters. The van der Waals surface area contributed by atoms with Gasteiger partial charge in [-0.25, -0.2) is 4.39 Å². The van der Waals surface area contributed by atoms with Gasteiger partial charge in [-0.1, -0.05) is 18.7 Å². The Morgan fingerprint density at radius 1 is 1.44 bits per heavy atom. The highest BCUT2D eigenvalue weighted by Gasteiger charge is 2.04. The van der Waals surface area contributed by atoms with E-state index in [0.717, 1.165) is 11.1 Å². The minimum Gasteiger partial charge on any atom is -0.497 e. The van der Waals surface area contributed by atoms with Crippen molar-refractivity contribution in [2.24, 2.45) is 4.99 Å². The number of hydrogen-bond acceptors (Lipinski definition) is 2. The first-order chi connectivity index (χ1) is 7.67. The molecular weight excluding hydrogens is 205 g/mol. The Bertz CT molecular complexity index is 406. The first-order valence-electron chi connectivity index (χ1n) is 4.80. The number of benzene rings is 1. The van der Waals surface area contributed by atoms with Crippen LogP contribution >= 0.6 is 0 Å². The predicted molar refractivity (Wildman–Crippen MR) is 63.9 cm³/mol. The van der Waals surface area contributed by atoms with E-state index in [9.17, 15) is 4.39 Å². The molecule has 16 heavy (non-hydrogen) atoms. The van der Waals surface area contributed by atoms with Gasteiger partial charge in [-0.05, 0) is 24.4 Å². The first-order valence-corrected chi connectivity index (χ1v) is 4.80. The number of nitrogens with zero attached hydrogens (tertiary/aromatic N) is 1. The smallest absolute Gasteiger partial charge is 0.123 e. The van der Waals surface area contributed by atoms with E-state index < -0.39 is 0 Å². The van der Waals surface area contributed by atoms with Gasteiger partial charge in [-0.2, -0.15) is 0 Å². The van der Waals surface area contributed by atoms with Crippen LogP contribution in [-0.4, -0.2) is 13.8 Å². The zero-order valence-corrected chi connectivity index (χ0v) is 9.24. The van der Waals surface area contributed by atoms with Crippen LogP contribution in [0.15, 0.2) is 53.4 Å². The van der Waals surface area contributed by atoms with E-state index in [0.29, 0.717) is 12.2 Å². The highest BCUT2D eigenvalue weighted by molar-refractivity contribution is 5.34. The predicted octanol–water partition coefficient (Wildman–Crippen LogP) is 3.11. The molecule has 0 aromatic heterocycles. The second kappa shape index (κ2) is 5.85. The van der Waals surface area contributed by atoms with Gasteiger partial charge >= 0.3 is 0 Å². The van der Waals surface area contributed by atoms with Gasteiger partial charge in [0.05, 0.1) is 7.11 Å². The van der Waals surface area contributed by atoms with Crippen molar-refractivity contribution in [2.45, 2.75) is 6.42 Å². The van der Waals surface area contributed by atoms with Crippen molar-refractivity contribution < 1.29 is 9.13 Å². The second-order valence-electron chi connectivity index (χ2n) is 3.27. The number of hydrogen-bond donors (Lipinski definition) is 0. The van der Waals surface area contributed by atoms with Crippen molar-refractivity contribution in [2.75, 3.05) is 7.11 Å². The molecule has 3 heteroatoms. The van der Waals surface area contributed by atoms with Gasteiger partial charge < -0.3 is 4.74 Å². The summed E-state index contributed by atoms with van der Waals surface area (Å²) in [6.45, 7) is 7.14. The summed E-state index contributed by atoms with van der Waals surface area (Å²) in [5, 5.41) is 0. The standard InChI is InChI=1S/C13H14FNO/c1-10(16-3)12(9-15-2)8-11-4-6-13(14)7-5-11/h4-7,9H,1-2,8H2,3H3. The Balaban J connectivity index is 2.84. The third-order valence-corrected chi connectivity index (χ3v) is 2.16. The minimum absolute atomic E-state index is 0.248. The summed E-state index contributed by atoms with van der Waals surface area (Å²) in [5.41, 5.74) is 1.79. The number of methoxy groups -OCH3 is 1. The van der Waals surface area contributed by atoms with Gasteiger partial charge in [0.1, 0.15) is 11.6 Å². The Hall–Kier alpha value is -1.90. The Morgan fingerprint density at radius 3 is 2.56 bits per heavy atom. The molecule has 0 N–H and O–H groups in total. The van der Waals surface area contributed by atoms with Crippen LogP contribution < -0.4 is 0 Å². The van der Waals surface area contributed by atoms with Crippen LogP contribution in [-0.2, 0) is 11.2 Å². The quantitative estimate of drug-likeness (QED) is 0.423. The summed E-state index contributed by atoms with van der Waals surface area (Å²) in [5.74, 6) is 0.290. The Morgan fingerprint density at radius 2 is 2.06 bits per heavy atom. The van der Waals surface area contributed by atoms with Crippen LogP contribution in [0.2, 0.25) is 0 Å². The van der Waals surface area contributed by atoms with Crippen LogP contribution in [0.3, 0.4) is 0 Å². The molecule has 1 aromatic carbocycles. The maximum atomic E-state index is 12.7. The van der Waals surface area contributed by atoms with Gasteiger partial charge in [0.25, 0.3) is 0 Å². The van der Waals surface area contributed by atoms with Gasteiger partial charge in [0.15, 0.2) is 0 Å². The number of ether oxygens (including phenoxy) is 1. The number of allylic oxidation sites excluding steroid dienone is 1. The van der Waals surface area contributed by atoms with Crippen molar-refractivity contribution in [1.29, 1.82) is 0 Å². The molecule has 0 fully saturated rings. The SMILES string of the molecule is C=NC=C(Cc1ccc(F)cc1)C(=C)OC. The fourth-order valence-corrected chi connectivity index (χ4v) is 1.28. The topological polar surface area (TPSA) is 21.6 Å². The zero-order valence-electron chi connectivity index (χ0n) is 9.24. The molecule has 0 saturated heterocycles. The third kappa shape index (κ3) is 3.35. The number of halogens is 1. The molecule has 84 valence electrons. The molecule has 0 atom stereocenters. The van der Waals surface area contributed by atoms with Crippen LogP contribution in [0.25, 0.3) is 0 Å². The molecule has 0 amide bonds. The first kappa shape index (κ1) is 12.2. The molecule has 0 bridgehead atoms. The summed E-state index contributed by atoms with van der Waals surface area (Å²) in [7, 11) is 1.55. The van der Waals surface area contributed by atoms with E-state index in [2.05, 4.69) is 18.3 Å². The maximum Gasteiger partial charge on any atom is 0.123 e. The van der Waals surface area contributed by atoms with E-state index in [4.69, 9.17) is 4.74 Å². The van der Waals surface area contributed by atoms with Crippen LogP contribution in [0.4, 0.5) is 4.39 Å². The number of rotatable bonds is 5. The molecule has 1 rings (SSSR count). The fraction of sp³-hybridized carbons (Fsp3) is 0.154. The van der Waals surface area contributed by atoms with Crippen LogP contribution in [0.5, 0.6) is 0 Å².